The van der Waals surface area contributed by atoms with Gasteiger partial charge < -0.3 is 9.72 Å². The van der Waals surface area contributed by atoms with E-state index in [1.54, 1.807) is 7.11 Å². The third-order valence-electron chi connectivity index (χ3n) is 3.26. The van der Waals surface area contributed by atoms with E-state index < -0.39 is 0 Å². The molecule has 0 aliphatic heterocycles. The third kappa shape index (κ3) is 2.71. The zero-order valence-electron chi connectivity index (χ0n) is 11.4. The monoisotopic (exact) mass is 392 g/mol. The minimum absolute atomic E-state index is 0.138. The normalized spacial score (nSPS) is 11.0. The van der Waals surface area contributed by atoms with E-state index in [0.717, 1.165) is 16.3 Å². The van der Waals surface area contributed by atoms with Gasteiger partial charge in [0.2, 0.25) is 0 Å². The number of hydrogen-bond acceptors (Lipinski definition) is 3. The molecule has 0 spiro atoms. The van der Waals surface area contributed by atoms with Gasteiger partial charge in [0.15, 0.2) is 0 Å². The first-order valence-electron chi connectivity index (χ1n) is 6.46. The Balaban J connectivity index is 2.26. The molecule has 0 atom stereocenters. The number of ether oxygens (including phenoxy) is 1. The summed E-state index contributed by atoms with van der Waals surface area (Å²) in [5.41, 5.74) is 1.43. The predicted octanol–water partition coefficient (Wildman–Crippen LogP) is 3.34. The van der Waals surface area contributed by atoms with Crippen molar-refractivity contribution in [3.63, 3.8) is 0 Å². The van der Waals surface area contributed by atoms with Crippen LogP contribution in [0.3, 0.4) is 0 Å². The van der Waals surface area contributed by atoms with Crippen LogP contribution in [0.25, 0.3) is 22.2 Å². The van der Waals surface area contributed by atoms with Gasteiger partial charge in [-0.15, -0.1) is 0 Å². The first-order valence-corrected chi connectivity index (χ1v) is 7.54. The van der Waals surface area contributed by atoms with Crippen LogP contribution in [0.15, 0.2) is 47.3 Å². The summed E-state index contributed by atoms with van der Waals surface area (Å²) in [4.78, 5) is 19.5. The van der Waals surface area contributed by atoms with Gasteiger partial charge in [-0.2, -0.15) is 0 Å². The van der Waals surface area contributed by atoms with E-state index in [1.807, 2.05) is 65.1 Å². The van der Waals surface area contributed by atoms with Crippen molar-refractivity contribution in [2.75, 3.05) is 7.11 Å². The summed E-state index contributed by atoms with van der Waals surface area (Å²) in [6.07, 6.45) is 0. The fourth-order valence-corrected chi connectivity index (χ4v) is 2.71. The number of halogens is 1. The molecule has 1 aromatic heterocycles. The van der Waals surface area contributed by atoms with Crippen LogP contribution in [-0.4, -0.2) is 17.1 Å². The number of H-pyrrole nitrogens is 1. The summed E-state index contributed by atoms with van der Waals surface area (Å²) >= 11 is 2.00. The molecule has 0 aliphatic carbocycles. The van der Waals surface area contributed by atoms with E-state index in [4.69, 9.17) is 4.74 Å². The molecule has 3 aromatic rings. The topological polar surface area (TPSA) is 55.0 Å². The molecule has 0 unspecified atom stereocenters. The van der Waals surface area contributed by atoms with Crippen molar-refractivity contribution < 1.29 is 4.74 Å². The second-order valence-corrected chi connectivity index (χ2v) is 5.71. The molecule has 0 saturated carbocycles. The van der Waals surface area contributed by atoms with Gasteiger partial charge in [-0.3, -0.25) is 4.79 Å². The molecule has 1 N–H and O–H groups in total. The lowest BCUT2D eigenvalue weighted by Crippen LogP contribution is -2.16. The van der Waals surface area contributed by atoms with Crippen molar-refractivity contribution in [3.8, 4) is 11.4 Å². The maximum Gasteiger partial charge on any atom is 0.264 e. The molecule has 0 radical (unpaired) electrons. The minimum Gasteiger partial charge on any atom is -0.378 e. The van der Waals surface area contributed by atoms with Gasteiger partial charge in [-0.05, 0) is 33.4 Å². The molecule has 2 aromatic carbocycles. The lowest BCUT2D eigenvalue weighted by molar-refractivity contribution is 0.180. The van der Waals surface area contributed by atoms with Gasteiger partial charge in [0.25, 0.3) is 5.56 Å². The molecule has 1 heterocycles. The van der Waals surface area contributed by atoms with E-state index in [2.05, 4.69) is 9.97 Å². The van der Waals surface area contributed by atoms with Crippen LogP contribution in [0.5, 0.6) is 0 Å². The fourth-order valence-electron chi connectivity index (χ4n) is 2.30. The maximum atomic E-state index is 12.1. The van der Waals surface area contributed by atoms with Crippen LogP contribution >= 0.6 is 22.6 Å². The van der Waals surface area contributed by atoms with E-state index in [1.165, 1.54) is 0 Å². The Morgan fingerprint density at radius 3 is 2.76 bits per heavy atom. The maximum absolute atomic E-state index is 12.1. The SMILES string of the molecule is COCc1nc(-c2cccc3ccccc23)[nH]c(=O)c1I. The van der Waals surface area contributed by atoms with Crippen LogP contribution in [0.4, 0.5) is 0 Å². The molecule has 106 valence electrons. The number of rotatable bonds is 3. The van der Waals surface area contributed by atoms with E-state index in [-0.39, 0.29) is 5.56 Å². The van der Waals surface area contributed by atoms with Crippen LogP contribution in [0.2, 0.25) is 0 Å². The van der Waals surface area contributed by atoms with Crippen molar-refractivity contribution in [2.45, 2.75) is 6.61 Å². The smallest absolute Gasteiger partial charge is 0.264 e. The second kappa shape index (κ2) is 5.95. The van der Waals surface area contributed by atoms with Crippen molar-refractivity contribution >= 4 is 33.4 Å². The number of benzene rings is 2. The fraction of sp³-hybridized carbons (Fsp3) is 0.125. The lowest BCUT2D eigenvalue weighted by atomic mass is 10.0. The summed E-state index contributed by atoms with van der Waals surface area (Å²) in [5.74, 6) is 0.573. The molecule has 0 fully saturated rings. The molecule has 5 heteroatoms. The number of fused-ring (bicyclic) bond motifs is 1. The Morgan fingerprint density at radius 2 is 1.95 bits per heavy atom. The summed E-state index contributed by atoms with van der Waals surface area (Å²) in [7, 11) is 1.59. The molecular formula is C16H13IN2O2. The Morgan fingerprint density at radius 1 is 1.19 bits per heavy atom. The van der Waals surface area contributed by atoms with Gasteiger partial charge in [0, 0.05) is 12.7 Å². The highest BCUT2D eigenvalue weighted by Gasteiger charge is 2.11. The molecule has 0 bridgehead atoms. The molecule has 21 heavy (non-hydrogen) atoms. The highest BCUT2D eigenvalue weighted by atomic mass is 127. The van der Waals surface area contributed by atoms with Crippen molar-refractivity contribution in [1.82, 2.24) is 9.97 Å². The highest BCUT2D eigenvalue weighted by molar-refractivity contribution is 14.1. The largest absolute Gasteiger partial charge is 0.378 e. The molecule has 4 nitrogen and oxygen atoms in total. The average molecular weight is 392 g/mol. The first-order chi connectivity index (χ1) is 10.2. The predicted molar refractivity (Wildman–Crippen MR) is 91.2 cm³/mol. The van der Waals surface area contributed by atoms with Crippen LogP contribution in [0.1, 0.15) is 5.69 Å². The number of methoxy groups -OCH3 is 1. The zero-order chi connectivity index (χ0) is 14.8. The molecular weight excluding hydrogens is 379 g/mol. The Bertz CT molecular complexity index is 853. The number of hydrogen-bond donors (Lipinski definition) is 1. The van der Waals surface area contributed by atoms with E-state index in [9.17, 15) is 4.79 Å². The van der Waals surface area contributed by atoms with Gasteiger partial charge in [0.1, 0.15) is 9.39 Å². The summed E-state index contributed by atoms with van der Waals surface area (Å²) in [6, 6.07) is 14.0. The molecule has 3 rings (SSSR count). The second-order valence-electron chi connectivity index (χ2n) is 4.63. The molecule has 0 saturated heterocycles. The number of nitrogens with zero attached hydrogens (tertiary/aromatic N) is 1. The lowest BCUT2D eigenvalue weighted by Gasteiger charge is -2.08. The van der Waals surface area contributed by atoms with Gasteiger partial charge in [-0.1, -0.05) is 42.5 Å². The zero-order valence-corrected chi connectivity index (χ0v) is 13.5. The first kappa shape index (κ1) is 14.2. The highest BCUT2D eigenvalue weighted by Crippen LogP contribution is 2.26. The Kier molecular flexibility index (Phi) is 4.03. The quantitative estimate of drug-likeness (QED) is 0.696. The van der Waals surface area contributed by atoms with Crippen molar-refractivity contribution in [3.05, 3.63) is 62.1 Å². The minimum atomic E-state index is -0.138. The summed E-state index contributed by atoms with van der Waals surface area (Å²) < 4.78 is 5.69. The van der Waals surface area contributed by atoms with Crippen molar-refractivity contribution in [2.24, 2.45) is 0 Å². The number of nitrogens with one attached hydrogen (secondary N) is 1. The molecule has 0 aliphatic rings. The van der Waals surface area contributed by atoms with Crippen LogP contribution in [-0.2, 0) is 11.3 Å². The number of aromatic nitrogens is 2. The average Bonchev–Trinajstić information content (AvgIpc) is 2.51. The van der Waals surface area contributed by atoms with Crippen LogP contribution < -0.4 is 5.56 Å². The van der Waals surface area contributed by atoms with Gasteiger partial charge in [-0.25, -0.2) is 4.98 Å². The standard InChI is InChI=1S/C16H13IN2O2/c1-21-9-13-14(17)16(20)19-15(18-13)12-8-4-6-10-5-2-3-7-11(10)12/h2-8H,9H2,1H3,(H,18,19,20). The number of aromatic amines is 1. The summed E-state index contributed by atoms with van der Waals surface area (Å²) in [5, 5.41) is 2.18. The van der Waals surface area contributed by atoms with Gasteiger partial charge >= 0.3 is 0 Å². The Hall–Kier alpha value is -1.73. The Labute approximate surface area is 135 Å². The molecule has 0 amide bonds. The van der Waals surface area contributed by atoms with Crippen molar-refractivity contribution in [1.29, 1.82) is 0 Å². The van der Waals surface area contributed by atoms with Gasteiger partial charge in [0.05, 0.1) is 12.3 Å². The van der Waals surface area contributed by atoms with Crippen LogP contribution in [0, 0.1) is 3.57 Å². The van der Waals surface area contributed by atoms with E-state index in [0.29, 0.717) is 21.7 Å². The van der Waals surface area contributed by atoms with E-state index >= 15 is 0 Å². The third-order valence-corrected chi connectivity index (χ3v) is 4.37. The summed E-state index contributed by atoms with van der Waals surface area (Å²) in [6.45, 7) is 0.319.